The molecule has 0 aliphatic carbocycles. The fourth-order valence-electron chi connectivity index (χ4n) is 2.64. The van der Waals surface area contributed by atoms with Crippen molar-refractivity contribution < 1.29 is 4.39 Å². The summed E-state index contributed by atoms with van der Waals surface area (Å²) in [6.07, 6.45) is 1.81. The van der Waals surface area contributed by atoms with Crippen LogP contribution in [0.2, 0.25) is 0 Å². The van der Waals surface area contributed by atoms with Crippen molar-refractivity contribution in [2.24, 2.45) is 0 Å². The number of hydrogen-bond acceptors (Lipinski definition) is 4. The molecule has 1 aliphatic heterocycles. The number of rotatable bonds is 3. The van der Waals surface area contributed by atoms with E-state index in [1.807, 2.05) is 24.4 Å². The molecule has 0 spiro atoms. The monoisotopic (exact) mass is 286 g/mol. The number of nitrogens with two attached hydrogens (primary N) is 1. The maximum absolute atomic E-state index is 13.8. The maximum atomic E-state index is 13.8. The lowest BCUT2D eigenvalue weighted by molar-refractivity contribution is 0.246. The van der Waals surface area contributed by atoms with E-state index in [0.29, 0.717) is 17.8 Å². The number of piperazine rings is 1. The first-order valence-corrected chi connectivity index (χ1v) is 7.15. The van der Waals surface area contributed by atoms with Crippen LogP contribution >= 0.6 is 0 Å². The van der Waals surface area contributed by atoms with E-state index in [4.69, 9.17) is 5.73 Å². The van der Waals surface area contributed by atoms with E-state index in [0.717, 1.165) is 32.0 Å². The number of nitrogens with zero attached hydrogens (tertiary/aromatic N) is 3. The zero-order chi connectivity index (χ0) is 14.7. The van der Waals surface area contributed by atoms with Gasteiger partial charge in [-0.05, 0) is 24.3 Å². The lowest BCUT2D eigenvalue weighted by atomic mass is 10.1. The standard InChI is InChI=1S/C16H19FN4/c17-14-4-3-5-15(18)13(14)12-20-8-10-21(11-9-20)16-6-1-2-7-19-16/h1-7H,8-12,18H2. The zero-order valence-electron chi connectivity index (χ0n) is 11.9. The molecule has 21 heavy (non-hydrogen) atoms. The first kappa shape index (κ1) is 13.8. The molecule has 2 heterocycles. The highest BCUT2D eigenvalue weighted by molar-refractivity contribution is 5.47. The largest absolute Gasteiger partial charge is 0.398 e. The highest BCUT2D eigenvalue weighted by Gasteiger charge is 2.19. The third kappa shape index (κ3) is 3.13. The van der Waals surface area contributed by atoms with Crippen LogP contribution in [0.3, 0.4) is 0 Å². The molecule has 2 aromatic rings. The minimum atomic E-state index is -0.220. The van der Waals surface area contributed by atoms with Crippen LogP contribution in [0.15, 0.2) is 42.6 Å². The van der Waals surface area contributed by atoms with E-state index >= 15 is 0 Å². The molecule has 1 aromatic carbocycles. The Kier molecular flexibility index (Phi) is 4.01. The second-order valence-electron chi connectivity index (χ2n) is 5.26. The Hall–Kier alpha value is -2.14. The van der Waals surface area contributed by atoms with Gasteiger partial charge in [-0.1, -0.05) is 12.1 Å². The molecule has 4 nitrogen and oxygen atoms in total. The first-order valence-electron chi connectivity index (χ1n) is 7.15. The summed E-state index contributed by atoms with van der Waals surface area (Å²) >= 11 is 0. The minimum absolute atomic E-state index is 0.220. The first-order chi connectivity index (χ1) is 10.2. The van der Waals surface area contributed by atoms with E-state index in [1.165, 1.54) is 6.07 Å². The molecule has 0 atom stereocenters. The summed E-state index contributed by atoms with van der Waals surface area (Å²) in [5, 5.41) is 0. The molecular formula is C16H19FN4. The Balaban J connectivity index is 1.62. The van der Waals surface area contributed by atoms with Gasteiger partial charge in [0.2, 0.25) is 0 Å². The molecule has 110 valence electrons. The van der Waals surface area contributed by atoms with Crippen LogP contribution in [0.25, 0.3) is 0 Å². The van der Waals surface area contributed by atoms with E-state index in [-0.39, 0.29) is 5.82 Å². The van der Waals surface area contributed by atoms with Crippen molar-refractivity contribution in [2.75, 3.05) is 36.8 Å². The van der Waals surface area contributed by atoms with Crippen LogP contribution in [-0.2, 0) is 6.54 Å². The van der Waals surface area contributed by atoms with Gasteiger partial charge in [-0.25, -0.2) is 9.37 Å². The van der Waals surface area contributed by atoms with Crippen LogP contribution in [0.5, 0.6) is 0 Å². The summed E-state index contributed by atoms with van der Waals surface area (Å²) in [7, 11) is 0. The fraction of sp³-hybridized carbons (Fsp3) is 0.312. The zero-order valence-corrected chi connectivity index (χ0v) is 11.9. The Morgan fingerprint density at radius 1 is 1.05 bits per heavy atom. The van der Waals surface area contributed by atoms with Crippen molar-refractivity contribution >= 4 is 11.5 Å². The van der Waals surface area contributed by atoms with Crippen LogP contribution in [0.1, 0.15) is 5.56 Å². The highest BCUT2D eigenvalue weighted by atomic mass is 19.1. The number of hydrogen-bond donors (Lipinski definition) is 1. The van der Waals surface area contributed by atoms with Gasteiger partial charge in [0.05, 0.1) is 0 Å². The van der Waals surface area contributed by atoms with Crippen molar-refractivity contribution in [3.8, 4) is 0 Å². The smallest absolute Gasteiger partial charge is 0.129 e. The van der Waals surface area contributed by atoms with Crippen LogP contribution in [0.4, 0.5) is 15.9 Å². The normalized spacial score (nSPS) is 16.1. The molecule has 5 heteroatoms. The molecule has 0 amide bonds. The molecule has 0 saturated carbocycles. The summed E-state index contributed by atoms with van der Waals surface area (Å²) in [5.74, 6) is 0.782. The van der Waals surface area contributed by atoms with Gasteiger partial charge in [-0.3, -0.25) is 4.90 Å². The van der Waals surface area contributed by atoms with E-state index < -0.39 is 0 Å². The predicted molar refractivity (Wildman–Crippen MR) is 82.5 cm³/mol. The van der Waals surface area contributed by atoms with Crippen molar-refractivity contribution in [1.82, 2.24) is 9.88 Å². The van der Waals surface area contributed by atoms with Crippen LogP contribution < -0.4 is 10.6 Å². The number of nitrogen functional groups attached to an aromatic ring is 1. The van der Waals surface area contributed by atoms with Gasteiger partial charge in [0.25, 0.3) is 0 Å². The summed E-state index contributed by atoms with van der Waals surface area (Å²) in [5.41, 5.74) is 7.00. The topological polar surface area (TPSA) is 45.4 Å². The Bertz CT molecular complexity index is 574. The average molecular weight is 286 g/mol. The number of anilines is 2. The van der Waals surface area contributed by atoms with Crippen LogP contribution in [-0.4, -0.2) is 36.1 Å². The second-order valence-corrected chi connectivity index (χ2v) is 5.26. The van der Waals surface area contributed by atoms with Crippen molar-refractivity contribution in [1.29, 1.82) is 0 Å². The lowest BCUT2D eigenvalue weighted by Gasteiger charge is -2.35. The molecule has 0 bridgehead atoms. The molecule has 1 fully saturated rings. The molecule has 1 aromatic heterocycles. The van der Waals surface area contributed by atoms with Gasteiger partial charge in [0.15, 0.2) is 0 Å². The summed E-state index contributed by atoms with van der Waals surface area (Å²) < 4.78 is 13.8. The summed E-state index contributed by atoms with van der Waals surface area (Å²) in [6.45, 7) is 4.11. The number of benzene rings is 1. The third-order valence-electron chi connectivity index (χ3n) is 3.88. The number of pyridine rings is 1. The Morgan fingerprint density at radius 2 is 1.86 bits per heavy atom. The van der Waals surface area contributed by atoms with Gasteiger partial charge in [-0.15, -0.1) is 0 Å². The predicted octanol–water partition coefficient (Wildman–Crippen LogP) is 2.13. The molecule has 1 aliphatic rings. The summed E-state index contributed by atoms with van der Waals surface area (Å²) in [6, 6.07) is 10.8. The molecule has 1 saturated heterocycles. The van der Waals surface area contributed by atoms with Crippen molar-refractivity contribution in [3.63, 3.8) is 0 Å². The molecule has 2 N–H and O–H groups in total. The van der Waals surface area contributed by atoms with Gasteiger partial charge < -0.3 is 10.6 Å². The number of halogens is 1. The van der Waals surface area contributed by atoms with E-state index in [1.54, 1.807) is 12.1 Å². The summed E-state index contributed by atoms with van der Waals surface area (Å²) in [4.78, 5) is 8.85. The molecular weight excluding hydrogens is 267 g/mol. The third-order valence-corrected chi connectivity index (χ3v) is 3.88. The van der Waals surface area contributed by atoms with E-state index in [9.17, 15) is 4.39 Å². The SMILES string of the molecule is Nc1cccc(F)c1CN1CCN(c2ccccn2)CC1. The maximum Gasteiger partial charge on any atom is 0.129 e. The molecule has 0 unspecified atom stereocenters. The lowest BCUT2D eigenvalue weighted by Crippen LogP contribution is -2.46. The van der Waals surface area contributed by atoms with E-state index in [2.05, 4.69) is 14.8 Å². The second kappa shape index (κ2) is 6.10. The molecule has 0 radical (unpaired) electrons. The van der Waals surface area contributed by atoms with Gasteiger partial charge in [0.1, 0.15) is 11.6 Å². The molecule has 3 rings (SSSR count). The van der Waals surface area contributed by atoms with Crippen molar-refractivity contribution in [2.45, 2.75) is 6.54 Å². The Morgan fingerprint density at radius 3 is 2.52 bits per heavy atom. The minimum Gasteiger partial charge on any atom is -0.398 e. The van der Waals surface area contributed by atoms with Gasteiger partial charge >= 0.3 is 0 Å². The fourth-order valence-corrected chi connectivity index (χ4v) is 2.64. The average Bonchev–Trinajstić information content (AvgIpc) is 2.53. The highest BCUT2D eigenvalue weighted by Crippen LogP contribution is 2.19. The quantitative estimate of drug-likeness (QED) is 0.878. The van der Waals surface area contributed by atoms with Crippen molar-refractivity contribution in [3.05, 3.63) is 54.0 Å². The van der Waals surface area contributed by atoms with Crippen LogP contribution in [0, 0.1) is 5.82 Å². The Labute approximate surface area is 124 Å². The van der Waals surface area contributed by atoms with Gasteiger partial charge in [0, 0.05) is 50.2 Å². The van der Waals surface area contributed by atoms with Gasteiger partial charge in [-0.2, -0.15) is 0 Å². The number of aromatic nitrogens is 1.